The topological polar surface area (TPSA) is 65.0 Å². The van der Waals surface area contributed by atoms with Gasteiger partial charge in [-0.1, -0.05) is 6.07 Å². The van der Waals surface area contributed by atoms with Crippen molar-refractivity contribution >= 4 is 5.97 Å². The lowest BCUT2D eigenvalue weighted by atomic mass is 10.1. The Morgan fingerprint density at radius 2 is 1.57 bits per heavy atom. The van der Waals surface area contributed by atoms with Gasteiger partial charge in [0.15, 0.2) is 11.5 Å². The zero-order chi connectivity index (χ0) is 17.8. The maximum atomic E-state index is 12.4. The lowest BCUT2D eigenvalue weighted by molar-refractivity contribution is -0.287. The first-order chi connectivity index (χ1) is 10.4. The van der Waals surface area contributed by atoms with Crippen molar-refractivity contribution < 1.29 is 50.5 Å². The monoisotopic (exact) mass is 348 g/mol. The van der Waals surface area contributed by atoms with Crippen molar-refractivity contribution in [2.24, 2.45) is 0 Å². The molecule has 11 heteroatoms. The van der Waals surface area contributed by atoms with Crippen LogP contribution in [0.3, 0.4) is 0 Å². The molecule has 0 aliphatic carbocycles. The lowest BCUT2D eigenvalue weighted by Crippen LogP contribution is -2.23. The highest BCUT2D eigenvalue weighted by Crippen LogP contribution is 2.41. The van der Waals surface area contributed by atoms with Gasteiger partial charge in [-0.15, -0.1) is 26.3 Å². The van der Waals surface area contributed by atoms with Gasteiger partial charge in [0, 0.05) is 12.2 Å². The Kier molecular flexibility index (Phi) is 5.70. The van der Waals surface area contributed by atoms with Crippen LogP contribution in [0.2, 0.25) is 0 Å². The quantitative estimate of drug-likeness (QED) is 0.794. The van der Waals surface area contributed by atoms with E-state index in [0.717, 1.165) is 6.07 Å². The van der Waals surface area contributed by atoms with Crippen molar-refractivity contribution in [2.45, 2.75) is 26.3 Å². The molecule has 0 radical (unpaired) electrons. The number of alkyl halides is 6. The van der Waals surface area contributed by atoms with Crippen LogP contribution in [0.1, 0.15) is 22.8 Å². The fourth-order valence-corrected chi connectivity index (χ4v) is 1.54. The van der Waals surface area contributed by atoms with E-state index in [9.17, 15) is 31.1 Å². The van der Waals surface area contributed by atoms with E-state index in [4.69, 9.17) is 9.84 Å². The minimum atomic E-state index is -5.42. The predicted molar refractivity (Wildman–Crippen MR) is 62.1 cm³/mol. The Bertz CT molecular complexity index is 566. The molecule has 130 valence electrons. The average molecular weight is 348 g/mol. The molecule has 0 saturated heterocycles. The van der Waals surface area contributed by atoms with Gasteiger partial charge in [0.1, 0.15) is 5.56 Å². The summed E-state index contributed by atoms with van der Waals surface area (Å²) in [5.74, 6) is -4.93. The highest BCUT2D eigenvalue weighted by molar-refractivity contribution is 5.92. The van der Waals surface area contributed by atoms with Crippen LogP contribution in [0.15, 0.2) is 12.1 Å². The summed E-state index contributed by atoms with van der Waals surface area (Å²) in [6.07, 6.45) is -10.8. The van der Waals surface area contributed by atoms with Gasteiger partial charge in [0.2, 0.25) is 0 Å². The lowest BCUT2D eigenvalue weighted by Gasteiger charge is -2.19. The summed E-state index contributed by atoms with van der Waals surface area (Å²) in [7, 11) is 0. The van der Waals surface area contributed by atoms with Crippen LogP contribution in [-0.2, 0) is 11.3 Å². The standard InChI is InChI=1S/C12H10F6O5/c1-2-21-5-6-3-4-7(10(19)20)9(23-12(16,17)18)8(6)22-11(13,14)15/h3-4H,2,5H2,1H3,(H,19,20). The largest absolute Gasteiger partial charge is 0.573 e. The fourth-order valence-electron chi connectivity index (χ4n) is 1.54. The van der Waals surface area contributed by atoms with E-state index in [0.29, 0.717) is 6.07 Å². The first kappa shape index (κ1) is 18.9. The SMILES string of the molecule is CCOCc1ccc(C(=O)O)c(OC(F)(F)F)c1OC(F)(F)F. The molecule has 0 saturated carbocycles. The van der Waals surface area contributed by atoms with Crippen LogP contribution in [0.25, 0.3) is 0 Å². The summed E-state index contributed by atoms with van der Waals surface area (Å²) in [4.78, 5) is 10.9. The van der Waals surface area contributed by atoms with Gasteiger partial charge in [-0.25, -0.2) is 4.79 Å². The molecule has 1 N–H and O–H groups in total. The van der Waals surface area contributed by atoms with Gasteiger partial charge < -0.3 is 19.3 Å². The van der Waals surface area contributed by atoms with Crippen LogP contribution in [0, 0.1) is 0 Å². The number of benzene rings is 1. The summed E-state index contributed by atoms with van der Waals surface area (Å²) in [6, 6.07) is 1.52. The molecular weight excluding hydrogens is 338 g/mol. The molecule has 0 aliphatic heterocycles. The Balaban J connectivity index is 3.50. The molecule has 5 nitrogen and oxygen atoms in total. The van der Waals surface area contributed by atoms with Crippen molar-refractivity contribution in [3.8, 4) is 11.5 Å². The van der Waals surface area contributed by atoms with E-state index in [1.165, 1.54) is 6.92 Å². The molecular formula is C12H10F6O5. The smallest absolute Gasteiger partial charge is 0.478 e. The second kappa shape index (κ2) is 6.94. The van der Waals surface area contributed by atoms with Crippen LogP contribution in [-0.4, -0.2) is 30.4 Å². The fraction of sp³-hybridized carbons (Fsp3) is 0.417. The highest BCUT2D eigenvalue weighted by Gasteiger charge is 2.39. The number of hydrogen-bond donors (Lipinski definition) is 1. The number of carbonyl (C=O) groups is 1. The third kappa shape index (κ3) is 5.85. The molecule has 1 aromatic rings. The van der Waals surface area contributed by atoms with Gasteiger partial charge in [0.05, 0.1) is 6.61 Å². The third-order valence-corrected chi connectivity index (χ3v) is 2.32. The Morgan fingerprint density at radius 3 is 2.00 bits per heavy atom. The van der Waals surface area contributed by atoms with Gasteiger partial charge in [-0.05, 0) is 13.0 Å². The van der Waals surface area contributed by atoms with Gasteiger partial charge in [-0.3, -0.25) is 0 Å². The molecule has 1 aromatic carbocycles. The number of ether oxygens (including phenoxy) is 3. The van der Waals surface area contributed by atoms with Crippen LogP contribution in [0.4, 0.5) is 26.3 Å². The zero-order valence-corrected chi connectivity index (χ0v) is 11.4. The van der Waals surface area contributed by atoms with Crippen molar-refractivity contribution in [3.63, 3.8) is 0 Å². The predicted octanol–water partition coefficient (Wildman–Crippen LogP) is 3.72. The minimum Gasteiger partial charge on any atom is -0.478 e. The first-order valence-corrected chi connectivity index (χ1v) is 5.93. The van der Waals surface area contributed by atoms with E-state index in [-0.39, 0.29) is 6.61 Å². The minimum absolute atomic E-state index is 0.0571. The molecule has 1 rings (SSSR count). The van der Waals surface area contributed by atoms with E-state index >= 15 is 0 Å². The van der Waals surface area contributed by atoms with Gasteiger partial charge >= 0.3 is 18.7 Å². The highest BCUT2D eigenvalue weighted by atomic mass is 19.4. The maximum absolute atomic E-state index is 12.4. The second-order valence-corrected chi connectivity index (χ2v) is 3.97. The Hall–Kier alpha value is -2.17. The van der Waals surface area contributed by atoms with E-state index < -0.39 is 47.9 Å². The molecule has 0 unspecified atom stereocenters. The van der Waals surface area contributed by atoms with Crippen LogP contribution >= 0.6 is 0 Å². The van der Waals surface area contributed by atoms with E-state index in [2.05, 4.69) is 9.47 Å². The Morgan fingerprint density at radius 1 is 1.04 bits per heavy atom. The molecule has 0 bridgehead atoms. The van der Waals surface area contributed by atoms with Crippen LogP contribution in [0.5, 0.6) is 11.5 Å². The third-order valence-electron chi connectivity index (χ3n) is 2.32. The zero-order valence-electron chi connectivity index (χ0n) is 11.4. The molecule has 0 heterocycles. The number of hydrogen-bond acceptors (Lipinski definition) is 4. The molecule has 23 heavy (non-hydrogen) atoms. The van der Waals surface area contributed by atoms with Crippen LogP contribution < -0.4 is 9.47 Å². The van der Waals surface area contributed by atoms with Crippen molar-refractivity contribution in [3.05, 3.63) is 23.3 Å². The summed E-state index contributed by atoms with van der Waals surface area (Å²) in [6.45, 7) is 1.03. The number of carboxylic acids is 1. The molecule has 0 atom stereocenters. The molecule has 0 aromatic heterocycles. The van der Waals surface area contributed by atoms with E-state index in [1.54, 1.807) is 0 Å². The summed E-state index contributed by atoms with van der Waals surface area (Å²) in [5, 5.41) is 8.84. The number of aromatic carboxylic acids is 1. The average Bonchev–Trinajstić information content (AvgIpc) is 2.35. The van der Waals surface area contributed by atoms with Crippen molar-refractivity contribution in [1.29, 1.82) is 0 Å². The number of carboxylic acid groups (broad SMARTS) is 1. The molecule has 0 spiro atoms. The number of halogens is 6. The molecule has 0 amide bonds. The first-order valence-electron chi connectivity index (χ1n) is 5.93. The van der Waals surface area contributed by atoms with Gasteiger partial charge in [0.25, 0.3) is 0 Å². The summed E-state index contributed by atoms with van der Waals surface area (Å²) >= 11 is 0. The summed E-state index contributed by atoms with van der Waals surface area (Å²) in [5.41, 5.74) is -1.59. The number of rotatable bonds is 6. The molecule has 0 aliphatic rings. The van der Waals surface area contributed by atoms with Crippen molar-refractivity contribution in [1.82, 2.24) is 0 Å². The molecule has 0 fully saturated rings. The van der Waals surface area contributed by atoms with Gasteiger partial charge in [-0.2, -0.15) is 0 Å². The van der Waals surface area contributed by atoms with Crippen molar-refractivity contribution in [2.75, 3.05) is 6.61 Å². The maximum Gasteiger partial charge on any atom is 0.573 e. The van der Waals surface area contributed by atoms with E-state index in [1.807, 2.05) is 0 Å². The Labute approximate surface area is 125 Å². The second-order valence-electron chi connectivity index (χ2n) is 3.97. The normalized spacial score (nSPS) is 12.1. The summed E-state index contributed by atoms with van der Waals surface area (Å²) < 4.78 is 86.3.